The van der Waals surface area contributed by atoms with Crippen molar-refractivity contribution in [1.29, 1.82) is 0 Å². The first-order valence-electron chi connectivity index (χ1n) is 8.31. The molecule has 0 aliphatic carbocycles. The predicted octanol–water partition coefficient (Wildman–Crippen LogP) is 4.82. The van der Waals surface area contributed by atoms with Gasteiger partial charge in [0.15, 0.2) is 4.34 Å². The molecule has 1 heterocycles. The van der Waals surface area contributed by atoms with E-state index in [9.17, 15) is 9.59 Å². The van der Waals surface area contributed by atoms with Crippen LogP contribution < -0.4 is 10.6 Å². The van der Waals surface area contributed by atoms with Crippen LogP contribution in [0.5, 0.6) is 0 Å². The number of nitrogens with one attached hydrogen (secondary N) is 2. The number of rotatable bonds is 6. The molecule has 2 N–H and O–H groups in total. The summed E-state index contributed by atoms with van der Waals surface area (Å²) in [5.41, 5.74) is 1.77. The Morgan fingerprint density at radius 3 is 2.78 bits per heavy atom. The van der Waals surface area contributed by atoms with Crippen LogP contribution in [0.2, 0.25) is 5.02 Å². The molecule has 1 aromatic heterocycles. The Balaban J connectivity index is 1.64. The second-order valence-corrected chi connectivity index (χ2v) is 8.79. The van der Waals surface area contributed by atoms with Crippen molar-refractivity contribution in [3.8, 4) is 0 Å². The van der Waals surface area contributed by atoms with E-state index in [1.54, 1.807) is 30.3 Å². The summed E-state index contributed by atoms with van der Waals surface area (Å²) in [6.45, 7) is 3.78. The number of carbonyl (C=O) groups is 2. The Labute approximate surface area is 170 Å². The number of para-hydroxylation sites is 1. The molecule has 27 heavy (non-hydrogen) atoms. The van der Waals surface area contributed by atoms with E-state index in [0.29, 0.717) is 16.3 Å². The number of thioether (sulfide) groups is 1. The summed E-state index contributed by atoms with van der Waals surface area (Å²) in [6.07, 6.45) is 0. The molecule has 3 aromatic rings. The Morgan fingerprint density at radius 1 is 1.22 bits per heavy atom. The third-order valence-electron chi connectivity index (χ3n) is 3.52. The maximum Gasteiger partial charge on any atom is 0.253 e. The van der Waals surface area contributed by atoms with Gasteiger partial charge in [-0.05, 0) is 44.2 Å². The molecule has 0 bridgehead atoms. The SMILES string of the molecule is CC(C)NC(=O)c1ccccc1NC(=O)CSc1nc2cc(Cl)ccc2s1. The minimum Gasteiger partial charge on any atom is -0.350 e. The fourth-order valence-corrected chi connectivity index (χ4v) is 4.40. The van der Waals surface area contributed by atoms with Gasteiger partial charge in [0.2, 0.25) is 5.91 Å². The Morgan fingerprint density at radius 2 is 2.00 bits per heavy atom. The van der Waals surface area contributed by atoms with Gasteiger partial charge in [-0.1, -0.05) is 35.5 Å². The maximum absolute atomic E-state index is 12.3. The molecule has 0 saturated carbocycles. The zero-order valence-corrected chi connectivity index (χ0v) is 17.2. The van der Waals surface area contributed by atoms with Crippen molar-refractivity contribution in [3.05, 3.63) is 53.1 Å². The molecule has 0 unspecified atom stereocenters. The van der Waals surface area contributed by atoms with Gasteiger partial charge in [0.1, 0.15) is 0 Å². The molecule has 0 fully saturated rings. The van der Waals surface area contributed by atoms with Crippen molar-refractivity contribution in [3.63, 3.8) is 0 Å². The number of carbonyl (C=O) groups excluding carboxylic acids is 2. The average Bonchev–Trinajstić information content (AvgIpc) is 3.02. The number of hydrogen-bond donors (Lipinski definition) is 2. The minimum absolute atomic E-state index is 0.0179. The van der Waals surface area contributed by atoms with Gasteiger partial charge in [-0.25, -0.2) is 4.98 Å². The van der Waals surface area contributed by atoms with E-state index in [1.807, 2.05) is 26.0 Å². The first-order chi connectivity index (χ1) is 12.9. The zero-order chi connectivity index (χ0) is 19.4. The van der Waals surface area contributed by atoms with Crippen molar-refractivity contribution in [2.24, 2.45) is 0 Å². The highest BCUT2D eigenvalue weighted by atomic mass is 35.5. The lowest BCUT2D eigenvalue weighted by Crippen LogP contribution is -2.31. The summed E-state index contributed by atoms with van der Waals surface area (Å²) in [6, 6.07) is 12.5. The largest absolute Gasteiger partial charge is 0.350 e. The normalized spacial score (nSPS) is 11.0. The summed E-state index contributed by atoms with van der Waals surface area (Å²) < 4.78 is 1.83. The van der Waals surface area contributed by atoms with Crippen LogP contribution in [-0.2, 0) is 4.79 Å². The van der Waals surface area contributed by atoms with E-state index < -0.39 is 0 Å². The van der Waals surface area contributed by atoms with Gasteiger partial charge in [0.05, 0.1) is 27.2 Å². The topological polar surface area (TPSA) is 71.1 Å². The highest BCUT2D eigenvalue weighted by Crippen LogP contribution is 2.31. The van der Waals surface area contributed by atoms with Crippen molar-refractivity contribution < 1.29 is 9.59 Å². The number of thiazole rings is 1. The Hall–Kier alpha value is -2.09. The molecule has 0 aliphatic rings. The molecule has 2 aromatic carbocycles. The molecule has 0 radical (unpaired) electrons. The molecule has 0 aliphatic heterocycles. The van der Waals surface area contributed by atoms with Gasteiger partial charge in [-0.15, -0.1) is 11.3 Å². The lowest BCUT2D eigenvalue weighted by molar-refractivity contribution is -0.113. The van der Waals surface area contributed by atoms with Crippen LogP contribution in [0.15, 0.2) is 46.8 Å². The van der Waals surface area contributed by atoms with Gasteiger partial charge < -0.3 is 10.6 Å². The lowest BCUT2D eigenvalue weighted by Gasteiger charge is -2.12. The number of hydrogen-bond acceptors (Lipinski definition) is 5. The fraction of sp³-hybridized carbons (Fsp3) is 0.211. The molecule has 0 saturated heterocycles. The summed E-state index contributed by atoms with van der Waals surface area (Å²) in [4.78, 5) is 29.1. The highest BCUT2D eigenvalue weighted by Gasteiger charge is 2.14. The van der Waals surface area contributed by atoms with Crippen LogP contribution in [-0.4, -0.2) is 28.6 Å². The van der Waals surface area contributed by atoms with Crippen LogP contribution in [0, 0.1) is 0 Å². The second-order valence-electron chi connectivity index (χ2n) is 6.10. The van der Waals surface area contributed by atoms with Gasteiger partial charge >= 0.3 is 0 Å². The summed E-state index contributed by atoms with van der Waals surface area (Å²) in [7, 11) is 0. The molecule has 8 heteroatoms. The molecule has 5 nitrogen and oxygen atoms in total. The minimum atomic E-state index is -0.211. The van der Waals surface area contributed by atoms with E-state index in [-0.39, 0.29) is 23.6 Å². The van der Waals surface area contributed by atoms with E-state index in [2.05, 4.69) is 15.6 Å². The smallest absolute Gasteiger partial charge is 0.253 e. The predicted molar refractivity (Wildman–Crippen MR) is 113 cm³/mol. The van der Waals surface area contributed by atoms with Crippen molar-refractivity contribution >= 4 is 62.4 Å². The van der Waals surface area contributed by atoms with Gasteiger partial charge in [-0.3, -0.25) is 9.59 Å². The number of fused-ring (bicyclic) bond motifs is 1. The van der Waals surface area contributed by atoms with Crippen LogP contribution in [0.3, 0.4) is 0 Å². The van der Waals surface area contributed by atoms with Crippen LogP contribution in [0.1, 0.15) is 24.2 Å². The average molecular weight is 420 g/mol. The second kappa shape index (κ2) is 8.73. The molecule has 0 atom stereocenters. The zero-order valence-electron chi connectivity index (χ0n) is 14.8. The summed E-state index contributed by atoms with van der Waals surface area (Å²) in [5, 5.41) is 6.29. The first-order valence-corrected chi connectivity index (χ1v) is 10.5. The maximum atomic E-state index is 12.3. The van der Waals surface area contributed by atoms with Gasteiger partial charge in [0.25, 0.3) is 5.91 Å². The number of amides is 2. The molecule has 3 rings (SSSR count). The third-order valence-corrected chi connectivity index (χ3v) is 5.94. The number of aromatic nitrogens is 1. The highest BCUT2D eigenvalue weighted by molar-refractivity contribution is 8.01. The number of benzene rings is 2. The number of halogens is 1. The quantitative estimate of drug-likeness (QED) is 0.562. The third kappa shape index (κ3) is 5.22. The van der Waals surface area contributed by atoms with Gasteiger partial charge in [0, 0.05) is 11.1 Å². The Bertz CT molecular complexity index is 988. The number of anilines is 1. The summed E-state index contributed by atoms with van der Waals surface area (Å²) in [5.74, 6) is -0.202. The molecular weight excluding hydrogens is 402 g/mol. The molecule has 0 spiro atoms. The van der Waals surface area contributed by atoms with Crippen molar-refractivity contribution in [1.82, 2.24) is 10.3 Å². The van der Waals surface area contributed by atoms with Crippen molar-refractivity contribution in [2.45, 2.75) is 24.2 Å². The van der Waals surface area contributed by atoms with Gasteiger partial charge in [-0.2, -0.15) is 0 Å². The molecule has 140 valence electrons. The lowest BCUT2D eigenvalue weighted by atomic mass is 10.1. The van der Waals surface area contributed by atoms with E-state index in [1.165, 1.54) is 23.1 Å². The number of nitrogens with zero attached hydrogens (tertiary/aromatic N) is 1. The van der Waals surface area contributed by atoms with Crippen LogP contribution >= 0.6 is 34.7 Å². The van der Waals surface area contributed by atoms with Crippen LogP contribution in [0.4, 0.5) is 5.69 Å². The van der Waals surface area contributed by atoms with E-state index in [0.717, 1.165) is 14.6 Å². The molecular formula is C19H18ClN3O2S2. The standard InChI is InChI=1S/C19H18ClN3O2S2/c1-11(2)21-18(25)13-5-3-4-6-14(13)22-17(24)10-26-19-23-15-9-12(20)7-8-16(15)27-19/h3-9,11H,10H2,1-2H3,(H,21,25)(H,22,24). The monoisotopic (exact) mass is 419 g/mol. The summed E-state index contributed by atoms with van der Waals surface area (Å²) >= 11 is 8.85. The van der Waals surface area contributed by atoms with E-state index >= 15 is 0 Å². The molecule has 2 amide bonds. The van der Waals surface area contributed by atoms with Crippen molar-refractivity contribution in [2.75, 3.05) is 11.1 Å². The van der Waals surface area contributed by atoms with E-state index in [4.69, 9.17) is 11.6 Å². The fourth-order valence-electron chi connectivity index (χ4n) is 2.38. The Kier molecular flexibility index (Phi) is 6.36. The first kappa shape index (κ1) is 19.7. The van der Waals surface area contributed by atoms with Crippen LogP contribution in [0.25, 0.3) is 10.2 Å².